The van der Waals surface area contributed by atoms with Gasteiger partial charge in [0.2, 0.25) is 10.0 Å². The average molecular weight is 328 g/mol. The highest BCUT2D eigenvalue weighted by Gasteiger charge is 2.25. The van der Waals surface area contributed by atoms with Gasteiger partial charge in [-0.05, 0) is 23.8 Å². The van der Waals surface area contributed by atoms with Gasteiger partial charge in [0.05, 0.1) is 5.88 Å². The van der Waals surface area contributed by atoms with Crippen LogP contribution < -0.4 is 0 Å². The van der Waals surface area contributed by atoms with E-state index >= 15 is 0 Å². The number of sulfonamides is 1. The first kappa shape index (κ1) is 16.0. The molecule has 5 nitrogen and oxygen atoms in total. The van der Waals surface area contributed by atoms with Crippen molar-refractivity contribution in [3.8, 4) is 0 Å². The van der Waals surface area contributed by atoms with Gasteiger partial charge >= 0.3 is 0 Å². The third-order valence-corrected chi connectivity index (χ3v) is 5.48. The van der Waals surface area contributed by atoms with Crippen LogP contribution in [0.2, 0.25) is 0 Å². The third-order valence-electron chi connectivity index (χ3n) is 3.32. The molecule has 21 heavy (non-hydrogen) atoms. The zero-order chi connectivity index (χ0) is 15.5. The molecule has 0 aliphatic carbocycles. The van der Waals surface area contributed by atoms with Gasteiger partial charge < -0.3 is 4.57 Å². The minimum atomic E-state index is -3.53. The quantitative estimate of drug-likeness (QED) is 0.765. The second-order valence-corrected chi connectivity index (χ2v) is 6.90. The predicted octanol–water partition coefficient (Wildman–Crippen LogP) is 2.37. The van der Waals surface area contributed by atoms with Gasteiger partial charge in [0.25, 0.3) is 0 Å². The molecule has 0 amide bonds. The molecule has 2 rings (SSSR count). The zero-order valence-corrected chi connectivity index (χ0v) is 13.6. The Morgan fingerprint density at radius 3 is 2.52 bits per heavy atom. The Morgan fingerprint density at radius 1 is 1.33 bits per heavy atom. The van der Waals surface area contributed by atoms with Gasteiger partial charge in [-0.15, -0.1) is 11.6 Å². The number of pyridine rings is 1. The molecule has 0 bridgehead atoms. The van der Waals surface area contributed by atoms with E-state index in [1.54, 1.807) is 36.3 Å². The maximum atomic E-state index is 12.7. The molecular formula is C14H18ClN3O2S. The Balaban J connectivity index is 2.31. The van der Waals surface area contributed by atoms with Gasteiger partial charge in [-0.25, -0.2) is 8.42 Å². The van der Waals surface area contributed by atoms with Crippen LogP contribution in [0.5, 0.6) is 0 Å². The molecule has 0 aromatic carbocycles. The van der Waals surface area contributed by atoms with Crippen LogP contribution in [0.3, 0.4) is 0 Å². The van der Waals surface area contributed by atoms with Crippen molar-refractivity contribution in [2.75, 3.05) is 6.54 Å². The van der Waals surface area contributed by atoms with Crippen LogP contribution in [-0.4, -0.2) is 28.8 Å². The zero-order valence-electron chi connectivity index (χ0n) is 12.0. The molecule has 0 spiro atoms. The lowest BCUT2D eigenvalue weighted by Crippen LogP contribution is -2.30. The topological polar surface area (TPSA) is 55.2 Å². The molecular weight excluding hydrogens is 310 g/mol. The molecule has 2 aromatic heterocycles. The summed E-state index contributed by atoms with van der Waals surface area (Å²) < 4.78 is 28.6. The van der Waals surface area contributed by atoms with E-state index in [9.17, 15) is 8.42 Å². The van der Waals surface area contributed by atoms with Gasteiger partial charge in [0.15, 0.2) is 0 Å². The number of nitrogens with zero attached hydrogens (tertiary/aromatic N) is 3. The molecule has 2 heterocycles. The van der Waals surface area contributed by atoms with Gasteiger partial charge in [0.1, 0.15) is 4.90 Å². The molecule has 0 N–H and O–H groups in total. The number of aromatic nitrogens is 2. The first-order chi connectivity index (χ1) is 9.98. The summed E-state index contributed by atoms with van der Waals surface area (Å²) >= 11 is 5.80. The van der Waals surface area contributed by atoms with E-state index < -0.39 is 10.0 Å². The van der Waals surface area contributed by atoms with Gasteiger partial charge in [-0.2, -0.15) is 4.31 Å². The standard InChI is InChI=1S/C14H18ClN3O2S/c1-3-18(10-12-4-6-16-7-5-12)21(19,20)14-8-13(9-15)17(2)11-14/h4-8,11H,3,9-10H2,1-2H3. The Labute approximate surface area is 130 Å². The van der Waals surface area contributed by atoms with Crippen molar-refractivity contribution in [1.82, 2.24) is 13.9 Å². The number of hydrogen-bond acceptors (Lipinski definition) is 3. The average Bonchev–Trinajstić information content (AvgIpc) is 2.87. The second-order valence-electron chi connectivity index (χ2n) is 4.70. The molecule has 0 saturated carbocycles. The van der Waals surface area contributed by atoms with E-state index in [2.05, 4.69) is 4.98 Å². The van der Waals surface area contributed by atoms with Crippen LogP contribution in [0.15, 0.2) is 41.7 Å². The fourth-order valence-electron chi connectivity index (χ4n) is 2.06. The third kappa shape index (κ3) is 3.45. The summed E-state index contributed by atoms with van der Waals surface area (Å²) in [6, 6.07) is 5.25. The van der Waals surface area contributed by atoms with Crippen LogP contribution >= 0.6 is 11.6 Å². The molecule has 0 saturated heterocycles. The van der Waals surface area contributed by atoms with Crippen molar-refractivity contribution in [3.63, 3.8) is 0 Å². The normalized spacial score (nSPS) is 12.0. The lowest BCUT2D eigenvalue weighted by Gasteiger charge is -2.19. The van der Waals surface area contributed by atoms with E-state index in [1.165, 1.54) is 4.31 Å². The number of hydrogen-bond donors (Lipinski definition) is 0. The van der Waals surface area contributed by atoms with Crippen molar-refractivity contribution < 1.29 is 8.42 Å². The molecule has 0 fully saturated rings. The summed E-state index contributed by atoms with van der Waals surface area (Å²) in [5.74, 6) is 0.280. The number of aryl methyl sites for hydroxylation is 1. The van der Waals surface area contributed by atoms with Crippen LogP contribution in [-0.2, 0) is 29.5 Å². The fraction of sp³-hybridized carbons (Fsp3) is 0.357. The van der Waals surface area contributed by atoms with E-state index in [-0.39, 0.29) is 10.8 Å². The van der Waals surface area contributed by atoms with E-state index in [0.29, 0.717) is 13.1 Å². The SMILES string of the molecule is CCN(Cc1ccncc1)S(=O)(=O)c1cc(CCl)n(C)c1. The van der Waals surface area contributed by atoms with E-state index in [0.717, 1.165) is 11.3 Å². The second kappa shape index (κ2) is 6.60. The minimum Gasteiger partial charge on any atom is -0.352 e. The first-order valence-electron chi connectivity index (χ1n) is 6.59. The van der Waals surface area contributed by atoms with Crippen molar-refractivity contribution in [2.24, 2.45) is 7.05 Å². The smallest absolute Gasteiger partial charge is 0.244 e. The van der Waals surface area contributed by atoms with Crippen molar-refractivity contribution >= 4 is 21.6 Å². The maximum Gasteiger partial charge on any atom is 0.244 e. The Kier molecular flexibility index (Phi) is 5.03. The van der Waals surface area contributed by atoms with Gasteiger partial charge in [-0.3, -0.25) is 4.98 Å². The molecule has 0 atom stereocenters. The minimum absolute atomic E-state index is 0.275. The van der Waals surface area contributed by atoms with Crippen LogP contribution in [0.1, 0.15) is 18.2 Å². The van der Waals surface area contributed by atoms with Crippen molar-refractivity contribution in [2.45, 2.75) is 24.2 Å². The number of halogens is 1. The molecule has 7 heteroatoms. The lowest BCUT2D eigenvalue weighted by atomic mass is 10.3. The Morgan fingerprint density at radius 2 is 2.00 bits per heavy atom. The van der Waals surface area contributed by atoms with Crippen molar-refractivity contribution in [1.29, 1.82) is 0 Å². The molecule has 0 aliphatic heterocycles. The summed E-state index contributed by atoms with van der Waals surface area (Å²) in [7, 11) is -1.74. The van der Waals surface area contributed by atoms with Crippen LogP contribution in [0.4, 0.5) is 0 Å². The summed E-state index contributed by atoms with van der Waals surface area (Å²) in [6.07, 6.45) is 4.91. The maximum absolute atomic E-state index is 12.7. The lowest BCUT2D eigenvalue weighted by molar-refractivity contribution is 0.423. The van der Waals surface area contributed by atoms with E-state index in [1.807, 2.05) is 19.1 Å². The van der Waals surface area contributed by atoms with Gasteiger partial charge in [0, 0.05) is 44.4 Å². The molecule has 2 aromatic rings. The van der Waals surface area contributed by atoms with Crippen molar-refractivity contribution in [3.05, 3.63) is 48.0 Å². The Bertz CT molecular complexity index is 698. The predicted molar refractivity (Wildman–Crippen MR) is 82.5 cm³/mol. The summed E-state index contributed by atoms with van der Waals surface area (Å²) in [4.78, 5) is 4.21. The fourth-order valence-corrected chi connectivity index (χ4v) is 3.86. The van der Waals surface area contributed by atoms with Crippen LogP contribution in [0, 0.1) is 0 Å². The van der Waals surface area contributed by atoms with Gasteiger partial charge in [-0.1, -0.05) is 6.92 Å². The summed E-state index contributed by atoms with van der Waals surface area (Å²) in [6.45, 7) is 2.55. The monoisotopic (exact) mass is 327 g/mol. The van der Waals surface area contributed by atoms with Crippen LogP contribution in [0.25, 0.3) is 0 Å². The Hall–Kier alpha value is -1.37. The molecule has 0 aliphatic rings. The summed E-state index contributed by atoms with van der Waals surface area (Å²) in [5.41, 5.74) is 1.68. The number of alkyl halides is 1. The molecule has 114 valence electrons. The highest BCUT2D eigenvalue weighted by molar-refractivity contribution is 7.89. The number of rotatable bonds is 6. The highest BCUT2D eigenvalue weighted by atomic mass is 35.5. The summed E-state index contributed by atoms with van der Waals surface area (Å²) in [5, 5.41) is 0. The molecule has 0 unspecified atom stereocenters. The highest BCUT2D eigenvalue weighted by Crippen LogP contribution is 2.21. The van der Waals surface area contributed by atoms with E-state index in [4.69, 9.17) is 11.6 Å². The first-order valence-corrected chi connectivity index (χ1v) is 8.56. The molecule has 0 radical (unpaired) electrons. The largest absolute Gasteiger partial charge is 0.352 e.